The molecule has 156 valence electrons. The number of benzene rings is 2. The molecule has 0 atom stereocenters. The second-order valence-corrected chi connectivity index (χ2v) is 8.55. The van der Waals surface area contributed by atoms with Gasteiger partial charge in [0, 0.05) is 35.7 Å². The van der Waals surface area contributed by atoms with E-state index < -0.39 is 5.54 Å². The molecule has 2 N–H and O–H groups in total. The van der Waals surface area contributed by atoms with Gasteiger partial charge >= 0.3 is 0 Å². The SMILES string of the molecule is CC(C)(NCC(=O)NCC1(c2ccccc2)CCOCC1)c1ccc(F)cc1Cl. The standard InChI is InChI=1S/C23H28ClFN2O2/c1-22(2,19-9-8-18(25)14-20(19)24)27-15-21(28)26-16-23(10-12-29-13-11-23)17-6-4-3-5-7-17/h3-9,14,27H,10-13,15-16H2,1-2H3,(H,26,28). The van der Waals surface area contributed by atoms with Crippen molar-refractivity contribution in [2.75, 3.05) is 26.3 Å². The topological polar surface area (TPSA) is 50.4 Å². The molecule has 1 heterocycles. The summed E-state index contributed by atoms with van der Waals surface area (Å²) in [4.78, 5) is 12.6. The summed E-state index contributed by atoms with van der Waals surface area (Å²) in [7, 11) is 0. The van der Waals surface area contributed by atoms with E-state index in [9.17, 15) is 9.18 Å². The lowest BCUT2D eigenvalue weighted by Crippen LogP contribution is -2.48. The molecule has 1 aliphatic rings. The van der Waals surface area contributed by atoms with Gasteiger partial charge in [-0.1, -0.05) is 48.0 Å². The second-order valence-electron chi connectivity index (χ2n) is 8.14. The molecule has 0 saturated carbocycles. The summed E-state index contributed by atoms with van der Waals surface area (Å²) in [6.45, 7) is 5.94. The largest absolute Gasteiger partial charge is 0.381 e. The molecule has 0 spiro atoms. The van der Waals surface area contributed by atoms with Crippen LogP contribution < -0.4 is 10.6 Å². The summed E-state index contributed by atoms with van der Waals surface area (Å²) in [5.41, 5.74) is 1.30. The van der Waals surface area contributed by atoms with Gasteiger partial charge in [-0.2, -0.15) is 0 Å². The zero-order valence-corrected chi connectivity index (χ0v) is 17.7. The zero-order chi connectivity index (χ0) is 20.9. The quantitative estimate of drug-likeness (QED) is 0.709. The first-order valence-electron chi connectivity index (χ1n) is 9.93. The van der Waals surface area contributed by atoms with Crippen molar-refractivity contribution in [1.82, 2.24) is 10.6 Å². The van der Waals surface area contributed by atoms with Crippen LogP contribution in [0.5, 0.6) is 0 Å². The molecule has 2 aromatic rings. The van der Waals surface area contributed by atoms with Crippen LogP contribution in [0.3, 0.4) is 0 Å². The number of carbonyl (C=O) groups is 1. The van der Waals surface area contributed by atoms with Crippen molar-refractivity contribution in [3.8, 4) is 0 Å². The Bertz CT molecular complexity index is 836. The van der Waals surface area contributed by atoms with Crippen LogP contribution >= 0.6 is 11.6 Å². The van der Waals surface area contributed by atoms with Crippen LogP contribution in [0.25, 0.3) is 0 Å². The number of hydrogen-bond acceptors (Lipinski definition) is 3. The van der Waals surface area contributed by atoms with Gasteiger partial charge in [-0.05, 0) is 49.9 Å². The highest BCUT2D eigenvalue weighted by atomic mass is 35.5. The molecular formula is C23H28ClFN2O2. The molecule has 1 aliphatic heterocycles. The molecule has 1 amide bonds. The number of amides is 1. The van der Waals surface area contributed by atoms with Gasteiger partial charge in [0.1, 0.15) is 5.82 Å². The minimum atomic E-state index is -0.572. The highest BCUT2D eigenvalue weighted by Gasteiger charge is 2.34. The molecule has 0 unspecified atom stereocenters. The van der Waals surface area contributed by atoms with E-state index in [0.29, 0.717) is 24.8 Å². The van der Waals surface area contributed by atoms with Crippen LogP contribution in [0.15, 0.2) is 48.5 Å². The average Bonchev–Trinajstić information content (AvgIpc) is 2.72. The van der Waals surface area contributed by atoms with Crippen molar-refractivity contribution < 1.29 is 13.9 Å². The third kappa shape index (κ3) is 5.35. The van der Waals surface area contributed by atoms with E-state index in [1.165, 1.54) is 17.7 Å². The molecule has 29 heavy (non-hydrogen) atoms. The van der Waals surface area contributed by atoms with Gasteiger partial charge in [0.25, 0.3) is 0 Å². The minimum absolute atomic E-state index is 0.0851. The number of nitrogens with one attached hydrogen (secondary N) is 2. The predicted octanol–water partition coefficient (Wildman–Crippen LogP) is 4.17. The average molecular weight is 419 g/mol. The van der Waals surface area contributed by atoms with Gasteiger partial charge in [-0.3, -0.25) is 10.1 Å². The van der Waals surface area contributed by atoms with Crippen molar-refractivity contribution in [1.29, 1.82) is 0 Å². The second kappa shape index (κ2) is 9.24. The third-order valence-electron chi connectivity index (χ3n) is 5.76. The summed E-state index contributed by atoms with van der Waals surface area (Å²) in [5, 5.41) is 6.66. The van der Waals surface area contributed by atoms with Gasteiger partial charge in [-0.15, -0.1) is 0 Å². The lowest BCUT2D eigenvalue weighted by molar-refractivity contribution is -0.121. The lowest BCUT2D eigenvalue weighted by atomic mass is 9.74. The zero-order valence-electron chi connectivity index (χ0n) is 16.9. The highest BCUT2D eigenvalue weighted by molar-refractivity contribution is 6.31. The summed E-state index contributed by atoms with van der Waals surface area (Å²) < 4.78 is 18.9. The first kappa shape index (κ1) is 21.8. The molecule has 1 saturated heterocycles. The molecule has 1 fully saturated rings. The maximum Gasteiger partial charge on any atom is 0.234 e. The fourth-order valence-electron chi connectivity index (χ4n) is 3.84. The Kier molecular flexibility index (Phi) is 6.93. The van der Waals surface area contributed by atoms with E-state index >= 15 is 0 Å². The first-order valence-corrected chi connectivity index (χ1v) is 10.3. The molecule has 0 aliphatic carbocycles. The Balaban J connectivity index is 1.61. The van der Waals surface area contributed by atoms with E-state index in [4.69, 9.17) is 16.3 Å². The van der Waals surface area contributed by atoms with Gasteiger partial charge in [-0.25, -0.2) is 4.39 Å². The van der Waals surface area contributed by atoms with Gasteiger partial charge in [0.2, 0.25) is 5.91 Å². The monoisotopic (exact) mass is 418 g/mol. The maximum absolute atomic E-state index is 13.3. The van der Waals surface area contributed by atoms with Crippen molar-refractivity contribution in [3.05, 3.63) is 70.5 Å². The number of halogens is 2. The molecular weight excluding hydrogens is 391 g/mol. The van der Waals surface area contributed by atoms with Gasteiger partial charge in [0.15, 0.2) is 0 Å². The predicted molar refractivity (Wildman–Crippen MR) is 114 cm³/mol. The molecule has 0 radical (unpaired) electrons. The normalized spacial score (nSPS) is 16.4. The minimum Gasteiger partial charge on any atom is -0.381 e. The molecule has 3 rings (SSSR count). The van der Waals surface area contributed by atoms with Crippen LogP contribution in [-0.2, 0) is 20.5 Å². The summed E-state index contributed by atoms with van der Waals surface area (Å²) in [6, 6.07) is 14.6. The van der Waals surface area contributed by atoms with Crippen LogP contribution in [0.1, 0.15) is 37.8 Å². The Morgan fingerprint density at radius 3 is 2.52 bits per heavy atom. The van der Waals surface area contributed by atoms with Crippen LogP contribution in [0, 0.1) is 5.82 Å². The van der Waals surface area contributed by atoms with E-state index in [0.717, 1.165) is 18.4 Å². The highest BCUT2D eigenvalue weighted by Crippen LogP contribution is 2.34. The third-order valence-corrected chi connectivity index (χ3v) is 6.07. The van der Waals surface area contributed by atoms with Gasteiger partial charge in [0.05, 0.1) is 6.54 Å². The van der Waals surface area contributed by atoms with Crippen molar-refractivity contribution in [2.24, 2.45) is 0 Å². The van der Waals surface area contributed by atoms with Crippen molar-refractivity contribution >= 4 is 17.5 Å². The van der Waals surface area contributed by atoms with E-state index in [-0.39, 0.29) is 23.7 Å². The maximum atomic E-state index is 13.3. The molecule has 0 bridgehead atoms. The van der Waals surface area contributed by atoms with Crippen LogP contribution in [0.2, 0.25) is 5.02 Å². The van der Waals surface area contributed by atoms with Crippen molar-refractivity contribution in [3.63, 3.8) is 0 Å². The summed E-state index contributed by atoms with van der Waals surface area (Å²) in [5.74, 6) is -0.465. The van der Waals surface area contributed by atoms with Crippen molar-refractivity contribution in [2.45, 2.75) is 37.6 Å². The number of hydrogen-bond donors (Lipinski definition) is 2. The summed E-state index contributed by atoms with van der Waals surface area (Å²) in [6.07, 6.45) is 1.75. The Hall–Kier alpha value is -1.95. The lowest BCUT2D eigenvalue weighted by Gasteiger charge is -2.38. The smallest absolute Gasteiger partial charge is 0.234 e. The molecule has 6 heteroatoms. The van der Waals surface area contributed by atoms with E-state index in [1.807, 2.05) is 32.0 Å². The van der Waals surface area contributed by atoms with E-state index in [2.05, 4.69) is 22.8 Å². The number of ether oxygens (including phenoxy) is 1. The number of carbonyl (C=O) groups excluding carboxylic acids is 1. The fourth-order valence-corrected chi connectivity index (χ4v) is 4.25. The fraction of sp³-hybridized carbons (Fsp3) is 0.435. The Morgan fingerprint density at radius 2 is 1.86 bits per heavy atom. The van der Waals surface area contributed by atoms with Crippen LogP contribution in [0.4, 0.5) is 4.39 Å². The Morgan fingerprint density at radius 1 is 1.17 bits per heavy atom. The first-order chi connectivity index (χ1) is 13.8. The molecule has 0 aromatic heterocycles. The molecule has 4 nitrogen and oxygen atoms in total. The Labute approximate surface area is 176 Å². The van der Waals surface area contributed by atoms with Gasteiger partial charge < -0.3 is 10.1 Å². The number of rotatable bonds is 7. The van der Waals surface area contributed by atoms with E-state index in [1.54, 1.807) is 6.07 Å². The summed E-state index contributed by atoms with van der Waals surface area (Å²) >= 11 is 6.19. The molecule has 2 aromatic carbocycles. The van der Waals surface area contributed by atoms with Crippen LogP contribution in [-0.4, -0.2) is 32.2 Å².